The van der Waals surface area contributed by atoms with Gasteiger partial charge in [-0.05, 0) is 12.3 Å². The van der Waals surface area contributed by atoms with Crippen molar-refractivity contribution < 1.29 is 4.74 Å². The van der Waals surface area contributed by atoms with Gasteiger partial charge in [0.15, 0.2) is 0 Å². The van der Waals surface area contributed by atoms with E-state index in [2.05, 4.69) is 23.8 Å². The molecule has 15 heavy (non-hydrogen) atoms. The molecule has 0 bridgehead atoms. The second-order valence-electron chi connectivity index (χ2n) is 4.15. The van der Waals surface area contributed by atoms with E-state index in [0.29, 0.717) is 11.8 Å². The SMILES string of the molecule is COc1cc(CC(N)CC(C)C)ncn1. The maximum atomic E-state index is 6.00. The van der Waals surface area contributed by atoms with E-state index < -0.39 is 0 Å². The largest absolute Gasteiger partial charge is 0.481 e. The lowest BCUT2D eigenvalue weighted by Gasteiger charge is -2.13. The summed E-state index contributed by atoms with van der Waals surface area (Å²) >= 11 is 0. The first kappa shape index (κ1) is 11.9. The van der Waals surface area contributed by atoms with E-state index in [0.717, 1.165) is 18.5 Å². The average molecular weight is 209 g/mol. The molecular formula is C11H19N3O. The zero-order valence-electron chi connectivity index (χ0n) is 9.60. The average Bonchev–Trinajstić information content (AvgIpc) is 2.16. The molecule has 0 aliphatic rings. The molecule has 0 saturated heterocycles. The van der Waals surface area contributed by atoms with Gasteiger partial charge in [0, 0.05) is 24.2 Å². The van der Waals surface area contributed by atoms with Crippen LogP contribution in [-0.4, -0.2) is 23.1 Å². The topological polar surface area (TPSA) is 61.0 Å². The van der Waals surface area contributed by atoms with Crippen molar-refractivity contribution in [3.8, 4) is 5.88 Å². The van der Waals surface area contributed by atoms with Gasteiger partial charge in [0.05, 0.1) is 7.11 Å². The lowest BCUT2D eigenvalue weighted by atomic mass is 10.0. The predicted octanol–water partition coefficient (Wildman–Crippen LogP) is 1.40. The minimum Gasteiger partial charge on any atom is -0.481 e. The zero-order valence-corrected chi connectivity index (χ0v) is 9.60. The number of rotatable bonds is 5. The van der Waals surface area contributed by atoms with Crippen LogP contribution in [0.2, 0.25) is 0 Å². The molecule has 1 heterocycles. The summed E-state index contributed by atoms with van der Waals surface area (Å²) in [6.07, 6.45) is 3.29. The quantitative estimate of drug-likeness (QED) is 0.796. The van der Waals surface area contributed by atoms with Crippen molar-refractivity contribution in [2.24, 2.45) is 11.7 Å². The molecule has 1 atom stereocenters. The first-order chi connectivity index (χ1) is 7.11. The number of hydrogen-bond acceptors (Lipinski definition) is 4. The van der Waals surface area contributed by atoms with Gasteiger partial charge < -0.3 is 10.5 Å². The first-order valence-electron chi connectivity index (χ1n) is 5.22. The normalized spacial score (nSPS) is 12.9. The number of hydrogen-bond donors (Lipinski definition) is 1. The van der Waals surface area contributed by atoms with Crippen LogP contribution in [0.15, 0.2) is 12.4 Å². The molecule has 0 aliphatic heterocycles. The van der Waals surface area contributed by atoms with Gasteiger partial charge in [0.25, 0.3) is 0 Å². The Morgan fingerprint density at radius 2 is 2.13 bits per heavy atom. The Morgan fingerprint density at radius 1 is 1.40 bits per heavy atom. The van der Waals surface area contributed by atoms with Crippen LogP contribution in [0.3, 0.4) is 0 Å². The highest BCUT2D eigenvalue weighted by molar-refractivity contribution is 5.14. The summed E-state index contributed by atoms with van der Waals surface area (Å²) in [5.74, 6) is 1.21. The smallest absolute Gasteiger partial charge is 0.216 e. The van der Waals surface area contributed by atoms with E-state index in [4.69, 9.17) is 10.5 Å². The third-order valence-corrected chi connectivity index (χ3v) is 2.15. The molecule has 1 aromatic heterocycles. The Hall–Kier alpha value is -1.16. The standard InChI is InChI=1S/C11H19N3O/c1-8(2)4-9(12)5-10-6-11(15-3)14-7-13-10/h6-9H,4-5,12H2,1-3H3. The van der Waals surface area contributed by atoms with Gasteiger partial charge in [-0.15, -0.1) is 0 Å². The van der Waals surface area contributed by atoms with Crippen LogP contribution in [0.4, 0.5) is 0 Å². The van der Waals surface area contributed by atoms with Crippen molar-refractivity contribution in [3.05, 3.63) is 18.1 Å². The monoisotopic (exact) mass is 209 g/mol. The van der Waals surface area contributed by atoms with Crippen LogP contribution in [0.25, 0.3) is 0 Å². The van der Waals surface area contributed by atoms with Gasteiger partial charge in [-0.3, -0.25) is 0 Å². The third-order valence-electron chi connectivity index (χ3n) is 2.15. The molecule has 0 fully saturated rings. The Bertz CT molecular complexity index is 302. The zero-order chi connectivity index (χ0) is 11.3. The third kappa shape index (κ3) is 4.25. The van der Waals surface area contributed by atoms with Crippen LogP contribution in [0, 0.1) is 5.92 Å². The van der Waals surface area contributed by atoms with E-state index in [1.54, 1.807) is 7.11 Å². The minimum atomic E-state index is 0.157. The molecule has 84 valence electrons. The second-order valence-corrected chi connectivity index (χ2v) is 4.15. The molecule has 4 nitrogen and oxygen atoms in total. The summed E-state index contributed by atoms with van der Waals surface area (Å²) in [4.78, 5) is 8.12. The van der Waals surface area contributed by atoms with Crippen LogP contribution in [0.1, 0.15) is 26.0 Å². The van der Waals surface area contributed by atoms with Gasteiger partial charge in [-0.25, -0.2) is 9.97 Å². The van der Waals surface area contributed by atoms with Crippen LogP contribution in [0.5, 0.6) is 5.88 Å². The van der Waals surface area contributed by atoms with Gasteiger partial charge >= 0.3 is 0 Å². The molecule has 0 radical (unpaired) electrons. The number of nitrogens with zero attached hydrogens (tertiary/aromatic N) is 2. The lowest BCUT2D eigenvalue weighted by molar-refractivity contribution is 0.395. The maximum Gasteiger partial charge on any atom is 0.216 e. The summed E-state index contributed by atoms with van der Waals surface area (Å²) < 4.78 is 5.03. The molecule has 1 aromatic rings. The Kier molecular flexibility index (Phi) is 4.49. The van der Waals surface area contributed by atoms with Gasteiger partial charge in [-0.1, -0.05) is 13.8 Å². The minimum absolute atomic E-state index is 0.157. The number of ether oxygens (including phenoxy) is 1. The van der Waals surface area contributed by atoms with E-state index in [1.807, 2.05) is 6.07 Å². The predicted molar refractivity (Wildman–Crippen MR) is 59.7 cm³/mol. The van der Waals surface area contributed by atoms with Gasteiger partial charge in [0.2, 0.25) is 5.88 Å². The molecule has 4 heteroatoms. The molecule has 0 saturated carbocycles. The van der Waals surface area contributed by atoms with E-state index >= 15 is 0 Å². The van der Waals surface area contributed by atoms with Crippen molar-refractivity contribution in [2.75, 3.05) is 7.11 Å². The molecule has 2 N–H and O–H groups in total. The fraction of sp³-hybridized carbons (Fsp3) is 0.636. The second kappa shape index (κ2) is 5.66. The van der Waals surface area contributed by atoms with Gasteiger partial charge in [-0.2, -0.15) is 0 Å². The molecule has 0 aliphatic carbocycles. The summed E-state index contributed by atoms with van der Waals surface area (Å²) in [6, 6.07) is 1.99. The fourth-order valence-corrected chi connectivity index (χ4v) is 1.56. The molecular weight excluding hydrogens is 190 g/mol. The Balaban J connectivity index is 2.55. The first-order valence-corrected chi connectivity index (χ1v) is 5.22. The number of methoxy groups -OCH3 is 1. The highest BCUT2D eigenvalue weighted by atomic mass is 16.5. The van der Waals surface area contributed by atoms with E-state index in [9.17, 15) is 0 Å². The summed E-state index contributed by atoms with van der Waals surface area (Å²) in [5.41, 5.74) is 6.94. The van der Waals surface area contributed by atoms with Crippen LogP contribution >= 0.6 is 0 Å². The van der Waals surface area contributed by atoms with Crippen molar-refractivity contribution in [1.29, 1.82) is 0 Å². The Morgan fingerprint density at radius 3 is 2.73 bits per heavy atom. The molecule has 0 aromatic carbocycles. The molecule has 1 rings (SSSR count). The van der Waals surface area contributed by atoms with Crippen LogP contribution < -0.4 is 10.5 Å². The number of aromatic nitrogens is 2. The van der Waals surface area contributed by atoms with E-state index in [1.165, 1.54) is 6.33 Å². The highest BCUT2D eigenvalue weighted by Crippen LogP contribution is 2.10. The summed E-state index contributed by atoms with van der Waals surface area (Å²) in [6.45, 7) is 4.33. The summed E-state index contributed by atoms with van der Waals surface area (Å²) in [5, 5.41) is 0. The Labute approximate surface area is 90.9 Å². The van der Waals surface area contributed by atoms with E-state index in [-0.39, 0.29) is 6.04 Å². The fourth-order valence-electron chi connectivity index (χ4n) is 1.56. The molecule has 1 unspecified atom stereocenters. The van der Waals surface area contributed by atoms with Crippen LogP contribution in [-0.2, 0) is 6.42 Å². The highest BCUT2D eigenvalue weighted by Gasteiger charge is 2.08. The lowest BCUT2D eigenvalue weighted by Crippen LogP contribution is -2.25. The maximum absolute atomic E-state index is 6.00. The molecule has 0 amide bonds. The summed E-state index contributed by atoms with van der Waals surface area (Å²) in [7, 11) is 1.60. The van der Waals surface area contributed by atoms with Crippen molar-refractivity contribution in [1.82, 2.24) is 9.97 Å². The van der Waals surface area contributed by atoms with Crippen molar-refractivity contribution in [2.45, 2.75) is 32.7 Å². The van der Waals surface area contributed by atoms with Crippen molar-refractivity contribution in [3.63, 3.8) is 0 Å². The number of nitrogens with two attached hydrogens (primary N) is 1. The van der Waals surface area contributed by atoms with Crippen molar-refractivity contribution >= 4 is 0 Å². The molecule has 0 spiro atoms. The van der Waals surface area contributed by atoms with Gasteiger partial charge in [0.1, 0.15) is 6.33 Å².